The van der Waals surface area contributed by atoms with Crippen molar-refractivity contribution in [2.24, 2.45) is 17.3 Å². The van der Waals surface area contributed by atoms with E-state index in [0.29, 0.717) is 31.7 Å². The van der Waals surface area contributed by atoms with Crippen LogP contribution in [0.1, 0.15) is 97.7 Å². The predicted octanol–water partition coefficient (Wildman–Crippen LogP) is 4.92. The molecule has 0 bridgehead atoms. The highest BCUT2D eigenvalue weighted by Gasteiger charge is 2.26. The first-order valence-corrected chi connectivity index (χ1v) is 12.1. The summed E-state index contributed by atoms with van der Waals surface area (Å²) in [7, 11) is 0. The molecule has 1 N–H and O–H groups in total. The normalized spacial score (nSPS) is 20.6. The van der Waals surface area contributed by atoms with Gasteiger partial charge in [0.15, 0.2) is 0 Å². The molecule has 2 atom stereocenters. The maximum Gasteiger partial charge on any atom is 0.314 e. The minimum absolute atomic E-state index is 0.151. The van der Waals surface area contributed by atoms with Crippen molar-refractivity contribution < 1.29 is 29.0 Å². The minimum Gasteiger partial charge on any atom is -0.481 e. The molecule has 8 heteroatoms. The van der Waals surface area contributed by atoms with Crippen molar-refractivity contribution in [3.8, 4) is 0 Å². The fourth-order valence-corrected chi connectivity index (χ4v) is 4.05. The van der Waals surface area contributed by atoms with Gasteiger partial charge in [-0.1, -0.05) is 13.3 Å². The van der Waals surface area contributed by atoms with Gasteiger partial charge in [0.05, 0.1) is 23.4 Å². The first-order valence-electron chi connectivity index (χ1n) is 12.1. The molecule has 1 heterocycles. The number of unbranched alkanes of at least 4 members (excludes halogenated alkanes) is 1. The van der Waals surface area contributed by atoms with Crippen LogP contribution in [-0.4, -0.2) is 38.9 Å². The summed E-state index contributed by atoms with van der Waals surface area (Å²) in [5, 5.41) is 9.62. The molecule has 0 radical (unpaired) electrons. The van der Waals surface area contributed by atoms with Gasteiger partial charge in [-0.3, -0.25) is 14.4 Å². The van der Waals surface area contributed by atoms with Crippen molar-refractivity contribution in [2.45, 2.75) is 105 Å². The van der Waals surface area contributed by atoms with Gasteiger partial charge in [0, 0.05) is 32.0 Å². The molecule has 0 amide bonds. The fourth-order valence-electron chi connectivity index (χ4n) is 4.05. The monoisotopic (exact) mass is 464 g/mol. The molecule has 1 aromatic heterocycles. The van der Waals surface area contributed by atoms with Crippen LogP contribution >= 0.6 is 0 Å². The summed E-state index contributed by atoms with van der Waals surface area (Å²) in [5.74, 6) is -1.51. The molecule has 2 rings (SSSR count). The van der Waals surface area contributed by atoms with Crippen LogP contribution in [0.4, 0.5) is 0 Å². The Morgan fingerprint density at radius 1 is 1.15 bits per heavy atom. The lowest BCUT2D eigenvalue weighted by molar-refractivity contribution is -0.190. The number of carbonyl (C=O) groups is 3. The van der Waals surface area contributed by atoms with Crippen molar-refractivity contribution in [2.75, 3.05) is 0 Å². The van der Waals surface area contributed by atoms with Gasteiger partial charge in [0.1, 0.15) is 0 Å². The Balaban J connectivity index is 1.72. The van der Waals surface area contributed by atoms with E-state index in [2.05, 4.69) is 16.5 Å². The lowest BCUT2D eigenvalue weighted by Gasteiger charge is -2.26. The second-order valence-corrected chi connectivity index (χ2v) is 10.4. The van der Waals surface area contributed by atoms with Gasteiger partial charge in [-0.15, -0.1) is 0 Å². The number of rotatable bonds is 11. The van der Waals surface area contributed by atoms with Gasteiger partial charge in [-0.25, -0.2) is 4.98 Å². The van der Waals surface area contributed by atoms with E-state index in [1.54, 1.807) is 20.8 Å². The zero-order chi connectivity index (χ0) is 24.6. The number of carbonyl (C=O) groups excluding carboxylic acids is 2. The molecular weight excluding hydrogens is 424 g/mol. The Hall–Kier alpha value is -2.38. The number of imidazole rings is 1. The molecule has 0 saturated heterocycles. The summed E-state index contributed by atoms with van der Waals surface area (Å²) in [5.41, 5.74) is 0.132. The summed E-state index contributed by atoms with van der Waals surface area (Å²) < 4.78 is 12.4. The molecule has 33 heavy (non-hydrogen) atoms. The SMILES string of the molecule is CC1CCC(n2cnc(C[C@H](CCCCC(=O)OC(C)OC(=O)C(C)(C)C)C(=O)O)c2)CC1. The zero-order valence-electron chi connectivity index (χ0n) is 20.7. The van der Waals surface area contributed by atoms with Gasteiger partial charge in [0.2, 0.25) is 6.29 Å². The van der Waals surface area contributed by atoms with Gasteiger partial charge >= 0.3 is 17.9 Å². The van der Waals surface area contributed by atoms with Crippen LogP contribution in [0.25, 0.3) is 0 Å². The summed E-state index contributed by atoms with van der Waals surface area (Å²) in [4.78, 5) is 40.0. The Labute approximate surface area is 197 Å². The number of carboxylic acid groups (broad SMARTS) is 1. The summed E-state index contributed by atoms with van der Waals surface area (Å²) >= 11 is 0. The Bertz CT molecular complexity index is 789. The van der Waals surface area contributed by atoms with Crippen molar-refractivity contribution >= 4 is 17.9 Å². The van der Waals surface area contributed by atoms with Gasteiger partial charge in [-0.05, 0) is 65.2 Å². The van der Waals surface area contributed by atoms with Crippen LogP contribution in [0.3, 0.4) is 0 Å². The standard InChI is InChI=1S/C25H40N2O6/c1-17-10-12-21(13-11-17)27-15-20(26-16-27)14-19(23(29)30)8-6-7-9-22(28)32-18(2)33-24(31)25(3,4)5/h15-19,21H,6-14H2,1-5H3,(H,29,30)/t17?,18?,19-,21?/m0/s1. The molecule has 186 valence electrons. The van der Waals surface area contributed by atoms with E-state index in [4.69, 9.17) is 9.47 Å². The summed E-state index contributed by atoms with van der Waals surface area (Å²) in [6, 6.07) is 0.460. The highest BCUT2D eigenvalue weighted by atomic mass is 16.7. The van der Waals surface area contributed by atoms with E-state index in [9.17, 15) is 19.5 Å². The molecule has 1 saturated carbocycles. The number of ether oxygens (including phenoxy) is 2. The molecular formula is C25H40N2O6. The van der Waals surface area contributed by atoms with Crippen molar-refractivity contribution in [1.29, 1.82) is 0 Å². The molecule has 1 unspecified atom stereocenters. The smallest absolute Gasteiger partial charge is 0.314 e. The van der Waals surface area contributed by atoms with Gasteiger partial charge in [0.25, 0.3) is 0 Å². The lowest BCUT2D eigenvalue weighted by atomic mass is 9.87. The van der Waals surface area contributed by atoms with Crippen molar-refractivity contribution in [3.63, 3.8) is 0 Å². The van der Waals surface area contributed by atoms with Crippen LogP contribution in [0.5, 0.6) is 0 Å². The van der Waals surface area contributed by atoms with E-state index in [1.165, 1.54) is 19.8 Å². The molecule has 1 fully saturated rings. The number of hydrogen-bond donors (Lipinski definition) is 1. The van der Waals surface area contributed by atoms with Crippen LogP contribution in [0.2, 0.25) is 0 Å². The first kappa shape index (κ1) is 26.9. The summed E-state index contributed by atoms with van der Waals surface area (Å²) in [6.45, 7) is 8.97. The van der Waals surface area contributed by atoms with E-state index < -0.39 is 35.5 Å². The third-order valence-electron chi connectivity index (χ3n) is 6.23. The highest BCUT2D eigenvalue weighted by Crippen LogP contribution is 2.32. The Kier molecular flexibility index (Phi) is 9.92. The highest BCUT2D eigenvalue weighted by molar-refractivity contribution is 5.76. The second kappa shape index (κ2) is 12.2. The Morgan fingerprint density at radius 3 is 2.42 bits per heavy atom. The summed E-state index contributed by atoms with van der Waals surface area (Å²) in [6.07, 6.45) is 9.70. The molecule has 0 spiro atoms. The first-order chi connectivity index (χ1) is 15.5. The molecule has 1 aliphatic rings. The van der Waals surface area contributed by atoms with Crippen molar-refractivity contribution in [1.82, 2.24) is 9.55 Å². The van der Waals surface area contributed by atoms with E-state index >= 15 is 0 Å². The number of carboxylic acids is 1. The predicted molar refractivity (Wildman–Crippen MR) is 123 cm³/mol. The number of aromatic nitrogens is 2. The number of esters is 2. The quantitative estimate of drug-likeness (QED) is 0.281. The average molecular weight is 465 g/mol. The molecule has 0 aromatic carbocycles. The maximum absolute atomic E-state index is 12.0. The maximum atomic E-state index is 12.0. The minimum atomic E-state index is -0.946. The van der Waals surface area contributed by atoms with E-state index in [1.807, 2.05) is 12.5 Å². The number of nitrogens with zero attached hydrogens (tertiary/aromatic N) is 2. The number of hydrogen-bond acceptors (Lipinski definition) is 6. The Morgan fingerprint density at radius 2 is 1.82 bits per heavy atom. The van der Waals surface area contributed by atoms with Gasteiger partial charge in [-0.2, -0.15) is 0 Å². The van der Waals surface area contributed by atoms with Gasteiger partial charge < -0.3 is 19.1 Å². The fraction of sp³-hybridized carbons (Fsp3) is 0.760. The molecule has 0 aliphatic heterocycles. The van der Waals surface area contributed by atoms with Crippen LogP contribution in [0.15, 0.2) is 12.5 Å². The van der Waals surface area contributed by atoms with Crippen molar-refractivity contribution in [3.05, 3.63) is 18.2 Å². The average Bonchev–Trinajstić information content (AvgIpc) is 3.18. The van der Waals surface area contributed by atoms with Crippen LogP contribution < -0.4 is 0 Å². The third kappa shape index (κ3) is 9.18. The zero-order valence-corrected chi connectivity index (χ0v) is 20.7. The largest absolute Gasteiger partial charge is 0.481 e. The lowest BCUT2D eigenvalue weighted by Crippen LogP contribution is -2.29. The van der Waals surface area contributed by atoms with Crippen LogP contribution in [-0.2, 0) is 30.3 Å². The van der Waals surface area contributed by atoms with Crippen LogP contribution in [0, 0.1) is 17.3 Å². The second-order valence-electron chi connectivity index (χ2n) is 10.4. The topological polar surface area (TPSA) is 108 Å². The molecule has 8 nitrogen and oxygen atoms in total. The molecule has 1 aliphatic carbocycles. The van der Waals surface area contributed by atoms with E-state index in [-0.39, 0.29) is 6.42 Å². The third-order valence-corrected chi connectivity index (χ3v) is 6.23. The van der Waals surface area contributed by atoms with E-state index in [0.717, 1.165) is 24.5 Å². The molecule has 1 aromatic rings. The number of aliphatic carboxylic acids is 1.